The topological polar surface area (TPSA) is 65.2 Å². The van der Waals surface area contributed by atoms with E-state index in [4.69, 9.17) is 10.5 Å². The molecule has 0 atom stereocenters. The molecule has 0 radical (unpaired) electrons. The maximum atomic E-state index is 12.7. The smallest absolute Gasteiger partial charge is 0.416 e. The lowest BCUT2D eigenvalue weighted by molar-refractivity contribution is -0.146. The highest BCUT2D eigenvalue weighted by molar-refractivity contribution is 7.80. The highest BCUT2D eigenvalue weighted by Crippen LogP contribution is 2.37. The van der Waals surface area contributed by atoms with Crippen LogP contribution in [0.15, 0.2) is 48.5 Å². The number of alkyl halides is 6. The summed E-state index contributed by atoms with van der Waals surface area (Å²) >= 11 is 5.98. The number of thiocarbonyl (C=S) groups is 1. The molecule has 0 aliphatic heterocycles. The van der Waals surface area contributed by atoms with E-state index >= 15 is 0 Å². The summed E-state index contributed by atoms with van der Waals surface area (Å²) in [5.41, 5.74) is 4.54. The highest BCUT2D eigenvalue weighted by atomic mass is 32.1. The molecular weight excluding hydrogens is 538 g/mol. The van der Waals surface area contributed by atoms with Gasteiger partial charge in [0.15, 0.2) is 0 Å². The van der Waals surface area contributed by atoms with Gasteiger partial charge in [-0.1, -0.05) is 43.4 Å². The Hall–Kier alpha value is -2.99. The fourth-order valence-corrected chi connectivity index (χ4v) is 4.48. The third-order valence-electron chi connectivity index (χ3n) is 5.26. The molecule has 0 bridgehead atoms. The Kier molecular flexibility index (Phi) is 9.48. The molecule has 0 aliphatic carbocycles. The van der Waals surface area contributed by atoms with Gasteiger partial charge in [-0.2, -0.15) is 26.3 Å². The molecule has 3 rings (SSSR count). The normalized spacial score (nSPS) is 11.9. The van der Waals surface area contributed by atoms with Crippen LogP contribution in [-0.4, -0.2) is 23.1 Å². The number of ether oxygens (including phenoxy) is 1. The van der Waals surface area contributed by atoms with E-state index in [1.165, 1.54) is 42.7 Å². The molecule has 12 heteroatoms. The van der Waals surface area contributed by atoms with Gasteiger partial charge in [-0.3, -0.25) is 4.79 Å². The van der Waals surface area contributed by atoms with Crippen molar-refractivity contribution in [3.63, 3.8) is 0 Å². The molecule has 0 saturated carbocycles. The van der Waals surface area contributed by atoms with Gasteiger partial charge in [0.25, 0.3) is 0 Å². The van der Waals surface area contributed by atoms with Gasteiger partial charge >= 0.3 is 18.3 Å². The zero-order valence-corrected chi connectivity index (χ0v) is 21.9. The molecule has 1 heterocycles. The Bertz CT molecular complexity index is 1230. The molecule has 0 amide bonds. The van der Waals surface area contributed by atoms with Crippen molar-refractivity contribution in [2.24, 2.45) is 5.73 Å². The van der Waals surface area contributed by atoms with Crippen LogP contribution >= 0.6 is 23.6 Å². The Morgan fingerprint density at radius 3 is 1.78 bits per heavy atom. The number of nitrogens with zero attached hydrogens (tertiary/aromatic N) is 1. The predicted octanol–water partition coefficient (Wildman–Crippen LogP) is 7.18. The average molecular weight is 563 g/mol. The Balaban J connectivity index is 0.000000312. The van der Waals surface area contributed by atoms with Crippen molar-refractivity contribution in [1.82, 2.24) is 4.98 Å². The van der Waals surface area contributed by atoms with E-state index < -0.39 is 34.9 Å². The van der Waals surface area contributed by atoms with Crippen molar-refractivity contribution in [2.45, 2.75) is 45.0 Å². The summed E-state index contributed by atoms with van der Waals surface area (Å²) < 4.78 is 79.0. The number of aromatic nitrogens is 1. The van der Waals surface area contributed by atoms with Crippen LogP contribution in [0.3, 0.4) is 0 Å². The molecule has 0 fully saturated rings. The van der Waals surface area contributed by atoms with Crippen LogP contribution in [0.4, 0.5) is 26.3 Å². The first-order chi connectivity index (χ1) is 17.0. The Labute approximate surface area is 219 Å². The van der Waals surface area contributed by atoms with Crippen molar-refractivity contribution in [3.05, 3.63) is 75.8 Å². The summed E-state index contributed by atoms with van der Waals surface area (Å²) in [5.74, 6) is -0.401. The van der Waals surface area contributed by atoms with E-state index in [0.717, 1.165) is 29.1 Å². The average Bonchev–Trinajstić information content (AvgIpc) is 3.28. The number of carbonyl (C=O) groups is 1. The number of aryl methyl sites for hydroxylation is 1. The summed E-state index contributed by atoms with van der Waals surface area (Å²) in [6.45, 7) is 5.40. The first-order valence-electron chi connectivity index (χ1n) is 10.8. The van der Waals surface area contributed by atoms with Gasteiger partial charge in [-0.15, -0.1) is 11.3 Å². The van der Waals surface area contributed by atoms with E-state index in [9.17, 15) is 31.1 Å². The molecular formula is C25H24F6N2O2S2. The van der Waals surface area contributed by atoms with E-state index in [2.05, 4.69) is 17.2 Å². The number of thiazole rings is 1. The van der Waals surface area contributed by atoms with Crippen molar-refractivity contribution >= 4 is 34.5 Å². The van der Waals surface area contributed by atoms with Crippen LogP contribution in [0.25, 0.3) is 10.6 Å². The van der Waals surface area contributed by atoms with Crippen LogP contribution in [-0.2, 0) is 33.7 Å². The molecule has 0 unspecified atom stereocenters. The second-order valence-corrected chi connectivity index (χ2v) is 9.80. The fraction of sp³-hybridized carbons (Fsp3) is 0.320. The Morgan fingerprint density at radius 2 is 1.41 bits per heavy atom. The number of halogens is 6. The number of rotatable bonds is 5. The molecule has 4 nitrogen and oxygen atoms in total. The lowest BCUT2D eigenvalue weighted by Crippen LogP contribution is -2.31. The van der Waals surface area contributed by atoms with Crippen molar-refractivity contribution < 1.29 is 35.9 Å². The highest BCUT2D eigenvalue weighted by Gasteiger charge is 2.36. The Morgan fingerprint density at radius 1 is 0.946 bits per heavy atom. The molecule has 37 heavy (non-hydrogen) atoms. The van der Waals surface area contributed by atoms with Crippen LogP contribution in [0.2, 0.25) is 0 Å². The predicted molar refractivity (Wildman–Crippen MR) is 134 cm³/mol. The van der Waals surface area contributed by atoms with Gasteiger partial charge in [-0.25, -0.2) is 4.98 Å². The summed E-state index contributed by atoms with van der Waals surface area (Å²) in [6.07, 6.45) is -8.00. The second-order valence-electron chi connectivity index (χ2n) is 8.28. The van der Waals surface area contributed by atoms with Crippen molar-refractivity contribution in [1.29, 1.82) is 0 Å². The first kappa shape index (κ1) is 30.2. The van der Waals surface area contributed by atoms with E-state index in [-0.39, 0.29) is 4.99 Å². The molecule has 2 N–H and O–H groups in total. The number of nitrogens with two attached hydrogens (primary N) is 1. The minimum atomic E-state index is -4.37. The van der Waals surface area contributed by atoms with Gasteiger partial charge < -0.3 is 10.5 Å². The van der Waals surface area contributed by atoms with Crippen LogP contribution in [0.5, 0.6) is 0 Å². The van der Waals surface area contributed by atoms with Gasteiger partial charge in [0.2, 0.25) is 0 Å². The molecule has 3 aromatic rings. The zero-order chi connectivity index (χ0) is 28.2. The largest absolute Gasteiger partial charge is 0.468 e. The summed E-state index contributed by atoms with van der Waals surface area (Å²) in [6, 6.07) is 9.28. The third kappa shape index (κ3) is 7.51. The van der Waals surface area contributed by atoms with E-state index in [1.807, 2.05) is 6.92 Å². The maximum Gasteiger partial charge on any atom is 0.416 e. The van der Waals surface area contributed by atoms with Gasteiger partial charge in [0.1, 0.15) is 15.4 Å². The van der Waals surface area contributed by atoms with Gasteiger partial charge in [-0.05, 0) is 44.5 Å². The van der Waals surface area contributed by atoms with Crippen LogP contribution in [0.1, 0.15) is 48.0 Å². The van der Waals surface area contributed by atoms with Gasteiger partial charge in [0.05, 0.1) is 23.9 Å². The summed E-state index contributed by atoms with van der Waals surface area (Å²) in [7, 11) is 1.32. The summed E-state index contributed by atoms with van der Waals surface area (Å²) in [5, 5.41) is 0.590. The zero-order valence-electron chi connectivity index (χ0n) is 20.3. The quantitative estimate of drug-likeness (QED) is 0.203. The minimum Gasteiger partial charge on any atom is -0.468 e. The lowest BCUT2D eigenvalue weighted by Gasteiger charge is -2.20. The maximum absolute atomic E-state index is 12.7. The van der Waals surface area contributed by atoms with E-state index in [1.54, 1.807) is 13.8 Å². The first-order valence-corrected chi connectivity index (χ1v) is 12.0. The van der Waals surface area contributed by atoms with Gasteiger partial charge in [0, 0.05) is 16.0 Å². The molecule has 200 valence electrons. The fourth-order valence-electron chi connectivity index (χ4n) is 3.18. The SMILES string of the molecule is CCc1sc(-c2ccc(C(F)(F)F)cc2)nc1C(C)(C)C(=O)OC.NC(=S)c1ccc(C(F)(F)F)cc1. The lowest BCUT2D eigenvalue weighted by atomic mass is 9.88. The van der Waals surface area contributed by atoms with Crippen LogP contribution < -0.4 is 5.73 Å². The number of benzene rings is 2. The molecule has 1 aromatic heterocycles. The molecule has 2 aromatic carbocycles. The number of esters is 1. The molecule has 0 saturated heterocycles. The minimum absolute atomic E-state index is 0.0914. The molecule has 0 spiro atoms. The van der Waals surface area contributed by atoms with Crippen molar-refractivity contribution in [3.8, 4) is 10.6 Å². The number of methoxy groups -OCH3 is 1. The number of hydrogen-bond acceptors (Lipinski definition) is 5. The standard InChI is InChI=1S/C17H18F3NO2S.C8H6F3NS/c1-5-12-13(16(2,3)15(22)23-4)21-14(24-12)10-6-8-11(9-7-10)17(18,19)20;9-8(10,11)6-3-1-5(2-4-6)7(12)13/h6-9H,5H2,1-4H3;1-4H,(H2,12,13). The third-order valence-corrected chi connectivity index (χ3v) is 6.75. The second kappa shape index (κ2) is 11.6. The number of hydrogen-bond donors (Lipinski definition) is 1. The summed E-state index contributed by atoms with van der Waals surface area (Å²) in [4.78, 5) is 17.5. The van der Waals surface area contributed by atoms with Crippen molar-refractivity contribution in [2.75, 3.05) is 7.11 Å². The number of carbonyl (C=O) groups excluding carboxylic acids is 1. The molecule has 0 aliphatic rings. The van der Waals surface area contributed by atoms with E-state index in [0.29, 0.717) is 28.2 Å². The van der Waals surface area contributed by atoms with Crippen LogP contribution in [0, 0.1) is 0 Å². The monoisotopic (exact) mass is 562 g/mol.